The van der Waals surface area contributed by atoms with Gasteiger partial charge in [0.15, 0.2) is 11.5 Å². The van der Waals surface area contributed by atoms with E-state index in [2.05, 4.69) is 43.4 Å². The van der Waals surface area contributed by atoms with E-state index >= 15 is 0 Å². The van der Waals surface area contributed by atoms with Gasteiger partial charge in [-0.15, -0.1) is 10.2 Å². The van der Waals surface area contributed by atoms with Gasteiger partial charge in [0.05, 0.1) is 17.3 Å². The van der Waals surface area contributed by atoms with Crippen molar-refractivity contribution in [3.8, 4) is 0 Å². The summed E-state index contributed by atoms with van der Waals surface area (Å²) in [4.78, 5) is 21.5. The first-order valence-electron chi connectivity index (χ1n) is 10.1. The molecule has 8 heteroatoms. The van der Waals surface area contributed by atoms with E-state index in [1.165, 1.54) is 0 Å². The second kappa shape index (κ2) is 8.67. The molecule has 1 unspecified atom stereocenters. The van der Waals surface area contributed by atoms with Crippen LogP contribution in [-0.4, -0.2) is 68.5 Å². The Hall–Kier alpha value is -2.84. The molecule has 1 saturated heterocycles. The number of pyridine rings is 2. The Morgan fingerprint density at radius 3 is 2.90 bits per heavy atom. The first-order valence-corrected chi connectivity index (χ1v) is 10.1. The minimum atomic E-state index is -0.0674. The van der Waals surface area contributed by atoms with E-state index in [0.29, 0.717) is 12.1 Å². The molecule has 4 heterocycles. The van der Waals surface area contributed by atoms with Gasteiger partial charge in [-0.3, -0.25) is 24.0 Å². The molecule has 1 N–H and O–H groups in total. The first-order chi connectivity index (χ1) is 14.2. The third-order valence-corrected chi connectivity index (χ3v) is 5.37. The Bertz CT molecular complexity index is 972. The van der Waals surface area contributed by atoms with Crippen molar-refractivity contribution >= 4 is 11.6 Å². The smallest absolute Gasteiger partial charge is 0.252 e. The number of hydrogen-bond acceptors (Lipinski definition) is 6. The van der Waals surface area contributed by atoms with Crippen molar-refractivity contribution in [2.75, 3.05) is 33.2 Å². The maximum absolute atomic E-state index is 12.4. The van der Waals surface area contributed by atoms with E-state index in [9.17, 15) is 4.79 Å². The second-order valence-electron chi connectivity index (χ2n) is 7.51. The van der Waals surface area contributed by atoms with Crippen LogP contribution in [0.1, 0.15) is 41.3 Å². The first kappa shape index (κ1) is 19.5. The fourth-order valence-corrected chi connectivity index (χ4v) is 3.68. The van der Waals surface area contributed by atoms with E-state index < -0.39 is 0 Å². The van der Waals surface area contributed by atoms with Gasteiger partial charge >= 0.3 is 0 Å². The lowest BCUT2D eigenvalue weighted by atomic mass is 10.1. The van der Waals surface area contributed by atoms with E-state index in [1.54, 1.807) is 6.07 Å². The molecule has 1 aliphatic heterocycles. The average molecular weight is 393 g/mol. The van der Waals surface area contributed by atoms with E-state index in [1.807, 2.05) is 41.9 Å². The van der Waals surface area contributed by atoms with Crippen LogP contribution in [0.3, 0.4) is 0 Å². The molecule has 1 atom stereocenters. The van der Waals surface area contributed by atoms with Crippen molar-refractivity contribution in [3.05, 3.63) is 59.8 Å². The van der Waals surface area contributed by atoms with Crippen molar-refractivity contribution in [1.82, 2.24) is 34.7 Å². The number of likely N-dealkylation sites (N-methyl/N-ethyl adjacent to an activating group) is 1. The molecule has 8 nitrogen and oxygen atoms in total. The van der Waals surface area contributed by atoms with Crippen LogP contribution >= 0.6 is 0 Å². The van der Waals surface area contributed by atoms with Gasteiger partial charge < -0.3 is 5.32 Å². The van der Waals surface area contributed by atoms with Crippen LogP contribution in [-0.2, 0) is 6.54 Å². The number of nitrogens with zero attached hydrogens (tertiary/aromatic N) is 6. The molecule has 3 aromatic heterocycles. The molecule has 152 valence electrons. The van der Waals surface area contributed by atoms with Crippen LogP contribution in [0.25, 0.3) is 5.65 Å². The fourth-order valence-electron chi connectivity index (χ4n) is 3.68. The molecule has 0 spiro atoms. The molecule has 1 amide bonds. The summed E-state index contributed by atoms with van der Waals surface area (Å²) in [6.45, 7) is 6.26. The summed E-state index contributed by atoms with van der Waals surface area (Å²) in [5, 5.41) is 11.7. The highest BCUT2D eigenvalue weighted by molar-refractivity contribution is 5.94. The Morgan fingerprint density at radius 2 is 2.10 bits per heavy atom. The molecule has 0 saturated carbocycles. The Morgan fingerprint density at radius 1 is 1.21 bits per heavy atom. The van der Waals surface area contributed by atoms with Crippen molar-refractivity contribution in [1.29, 1.82) is 0 Å². The summed E-state index contributed by atoms with van der Waals surface area (Å²) in [6, 6.07) is 9.76. The van der Waals surface area contributed by atoms with Crippen molar-refractivity contribution in [2.45, 2.75) is 25.9 Å². The Kier molecular flexibility index (Phi) is 5.82. The zero-order valence-electron chi connectivity index (χ0n) is 17.0. The third kappa shape index (κ3) is 4.28. The van der Waals surface area contributed by atoms with Gasteiger partial charge in [-0.05, 0) is 37.7 Å². The summed E-state index contributed by atoms with van der Waals surface area (Å²) in [5.74, 6) is 0.792. The fraction of sp³-hybridized carbons (Fsp3) is 0.429. The monoisotopic (exact) mass is 393 g/mol. The largest absolute Gasteiger partial charge is 0.352 e. The molecule has 0 aromatic carbocycles. The van der Waals surface area contributed by atoms with Crippen molar-refractivity contribution < 1.29 is 4.79 Å². The predicted octanol–water partition coefficient (Wildman–Crippen LogP) is 1.75. The lowest BCUT2D eigenvalue weighted by Crippen LogP contribution is -2.46. The number of fused-ring (bicyclic) bond motifs is 1. The average Bonchev–Trinajstić information content (AvgIpc) is 3.17. The minimum absolute atomic E-state index is 0.0674. The molecule has 1 fully saturated rings. The van der Waals surface area contributed by atoms with Crippen LogP contribution in [0, 0.1) is 0 Å². The minimum Gasteiger partial charge on any atom is -0.352 e. The van der Waals surface area contributed by atoms with E-state index in [0.717, 1.165) is 49.8 Å². The Labute approximate surface area is 170 Å². The van der Waals surface area contributed by atoms with Crippen molar-refractivity contribution in [2.24, 2.45) is 0 Å². The number of piperazine rings is 1. The van der Waals surface area contributed by atoms with Crippen LogP contribution in [0.15, 0.2) is 42.7 Å². The third-order valence-electron chi connectivity index (χ3n) is 5.37. The Balaban J connectivity index is 1.57. The maximum atomic E-state index is 12.4. The number of hydrogen-bond donors (Lipinski definition) is 1. The summed E-state index contributed by atoms with van der Waals surface area (Å²) < 4.78 is 1.95. The van der Waals surface area contributed by atoms with Gasteiger partial charge in [-0.25, -0.2) is 0 Å². The van der Waals surface area contributed by atoms with Gasteiger partial charge in [0.25, 0.3) is 5.91 Å². The molecular weight excluding hydrogens is 366 g/mol. The highest BCUT2D eigenvalue weighted by Crippen LogP contribution is 2.24. The van der Waals surface area contributed by atoms with Crippen LogP contribution in [0.2, 0.25) is 0 Å². The number of carbonyl (C=O) groups is 1. The van der Waals surface area contributed by atoms with Crippen molar-refractivity contribution in [3.63, 3.8) is 0 Å². The number of nitrogens with one attached hydrogen (secondary N) is 1. The molecule has 3 aromatic rings. The lowest BCUT2D eigenvalue weighted by Gasteiger charge is -2.38. The van der Waals surface area contributed by atoms with Gasteiger partial charge in [0.2, 0.25) is 0 Å². The molecule has 29 heavy (non-hydrogen) atoms. The normalized spacial score (nSPS) is 18.2. The summed E-state index contributed by atoms with van der Waals surface area (Å²) >= 11 is 0. The van der Waals surface area contributed by atoms with Gasteiger partial charge in [0.1, 0.15) is 0 Å². The molecule has 0 radical (unpaired) electrons. The highest BCUT2D eigenvalue weighted by atomic mass is 16.1. The predicted molar refractivity (Wildman–Crippen MR) is 110 cm³/mol. The standard InChI is InChI=1S/C21H27N7O/c1-3-9-23-21(29)16-7-8-19-24-25-20(28(19)13-16)18-15-27(12-11-26(18)2)14-17-6-4-5-10-22-17/h4-8,10,13,18H,3,9,11-12,14-15H2,1-2H3,(H,23,29). The van der Waals surface area contributed by atoms with E-state index in [4.69, 9.17) is 0 Å². The lowest BCUT2D eigenvalue weighted by molar-refractivity contribution is 0.0844. The van der Waals surface area contributed by atoms with Gasteiger partial charge in [-0.1, -0.05) is 13.0 Å². The zero-order chi connectivity index (χ0) is 20.2. The van der Waals surface area contributed by atoms with Gasteiger partial charge in [-0.2, -0.15) is 0 Å². The second-order valence-corrected chi connectivity index (χ2v) is 7.51. The zero-order valence-corrected chi connectivity index (χ0v) is 17.0. The molecular formula is C21H27N7O. The number of amides is 1. The molecule has 0 bridgehead atoms. The van der Waals surface area contributed by atoms with E-state index in [-0.39, 0.29) is 11.9 Å². The van der Waals surface area contributed by atoms with Crippen LogP contribution < -0.4 is 5.32 Å². The quantitative estimate of drug-likeness (QED) is 0.687. The number of carbonyl (C=O) groups excluding carboxylic acids is 1. The summed E-state index contributed by atoms with van der Waals surface area (Å²) in [7, 11) is 2.11. The topological polar surface area (TPSA) is 78.7 Å². The molecule has 0 aliphatic carbocycles. The highest BCUT2D eigenvalue weighted by Gasteiger charge is 2.29. The SMILES string of the molecule is CCCNC(=O)c1ccc2nnc(C3CN(Cc4ccccn4)CCN3C)n2c1. The van der Waals surface area contributed by atoms with Gasteiger partial charge in [0, 0.05) is 45.1 Å². The number of rotatable bonds is 6. The number of aromatic nitrogens is 4. The summed E-state index contributed by atoms with van der Waals surface area (Å²) in [5.41, 5.74) is 2.44. The van der Waals surface area contributed by atoms with Crippen LogP contribution in [0.4, 0.5) is 0 Å². The van der Waals surface area contributed by atoms with Crippen LogP contribution in [0.5, 0.6) is 0 Å². The maximum Gasteiger partial charge on any atom is 0.252 e. The molecule has 4 rings (SSSR count). The summed E-state index contributed by atoms with van der Waals surface area (Å²) in [6.07, 6.45) is 4.59. The molecule has 1 aliphatic rings.